The van der Waals surface area contributed by atoms with Crippen LogP contribution in [0.5, 0.6) is 17.2 Å². The van der Waals surface area contributed by atoms with Crippen molar-refractivity contribution in [1.82, 2.24) is 5.32 Å². The summed E-state index contributed by atoms with van der Waals surface area (Å²) in [5.74, 6) is 0.573. The molecule has 2 rings (SSSR count). The molecule has 0 unspecified atom stereocenters. The zero-order valence-corrected chi connectivity index (χ0v) is 15.5. The second-order valence-corrected chi connectivity index (χ2v) is 5.63. The third-order valence-corrected chi connectivity index (χ3v) is 3.67. The number of ether oxygens (including phenoxy) is 3. The zero-order valence-electron chi connectivity index (χ0n) is 15.5. The van der Waals surface area contributed by atoms with Gasteiger partial charge >= 0.3 is 0 Å². The molecule has 0 aliphatic heterocycles. The number of rotatable bonds is 9. The van der Waals surface area contributed by atoms with Gasteiger partial charge in [-0.05, 0) is 31.5 Å². The van der Waals surface area contributed by atoms with Crippen LogP contribution in [-0.2, 0) is 0 Å². The van der Waals surface area contributed by atoms with Crippen molar-refractivity contribution in [3.63, 3.8) is 0 Å². The van der Waals surface area contributed by atoms with Crippen LogP contribution < -0.4 is 19.5 Å². The van der Waals surface area contributed by atoms with E-state index >= 15 is 0 Å². The van der Waals surface area contributed by atoms with Gasteiger partial charge in [-0.25, -0.2) is 0 Å². The minimum absolute atomic E-state index is 0.101. The van der Waals surface area contributed by atoms with Gasteiger partial charge in [-0.3, -0.25) is 14.9 Å². The third-order valence-electron chi connectivity index (χ3n) is 3.67. The van der Waals surface area contributed by atoms with E-state index in [1.54, 1.807) is 6.92 Å². The van der Waals surface area contributed by atoms with Crippen LogP contribution in [0.1, 0.15) is 22.8 Å². The van der Waals surface area contributed by atoms with Crippen LogP contribution in [0.25, 0.3) is 0 Å². The van der Waals surface area contributed by atoms with E-state index in [4.69, 9.17) is 14.2 Å². The SMILES string of the molecule is CCOc1cc([N+](=O)[O-])c(C(=O)NCCOc2cccc(C)c2)cc1OC. The van der Waals surface area contributed by atoms with E-state index in [1.807, 2.05) is 31.2 Å². The summed E-state index contributed by atoms with van der Waals surface area (Å²) in [6, 6.07) is 10.0. The molecule has 0 aromatic heterocycles. The van der Waals surface area contributed by atoms with Crippen molar-refractivity contribution in [2.75, 3.05) is 26.9 Å². The highest BCUT2D eigenvalue weighted by Crippen LogP contribution is 2.34. The molecule has 8 nitrogen and oxygen atoms in total. The first-order valence-corrected chi connectivity index (χ1v) is 8.43. The van der Waals surface area contributed by atoms with E-state index in [1.165, 1.54) is 19.2 Å². The smallest absolute Gasteiger partial charge is 0.286 e. The second-order valence-electron chi connectivity index (χ2n) is 5.63. The Kier molecular flexibility index (Phi) is 6.99. The van der Waals surface area contributed by atoms with E-state index in [2.05, 4.69) is 5.32 Å². The molecule has 0 radical (unpaired) electrons. The largest absolute Gasteiger partial charge is 0.493 e. The molecule has 0 bridgehead atoms. The molecular formula is C19H22N2O6. The predicted octanol–water partition coefficient (Wildman–Crippen LogP) is 3.12. The Bertz CT molecular complexity index is 822. The highest BCUT2D eigenvalue weighted by Gasteiger charge is 2.24. The molecule has 0 aliphatic rings. The number of nitro groups is 1. The van der Waals surface area contributed by atoms with Gasteiger partial charge in [0.15, 0.2) is 11.5 Å². The number of methoxy groups -OCH3 is 1. The average Bonchev–Trinajstić information content (AvgIpc) is 2.65. The Labute approximate surface area is 157 Å². The van der Waals surface area contributed by atoms with Gasteiger partial charge in [-0.2, -0.15) is 0 Å². The van der Waals surface area contributed by atoms with E-state index in [9.17, 15) is 14.9 Å². The number of hydrogen-bond donors (Lipinski definition) is 1. The predicted molar refractivity (Wildman–Crippen MR) is 99.8 cm³/mol. The van der Waals surface area contributed by atoms with Gasteiger partial charge in [0.2, 0.25) is 0 Å². The molecule has 144 valence electrons. The summed E-state index contributed by atoms with van der Waals surface area (Å²) in [5.41, 5.74) is 0.612. The molecule has 0 atom stereocenters. The minimum atomic E-state index is -0.625. The molecular weight excluding hydrogens is 352 g/mol. The fourth-order valence-electron chi connectivity index (χ4n) is 2.44. The summed E-state index contributed by atoms with van der Waals surface area (Å²) in [4.78, 5) is 23.1. The Hall–Kier alpha value is -3.29. The van der Waals surface area contributed by atoms with Crippen molar-refractivity contribution in [1.29, 1.82) is 0 Å². The first-order chi connectivity index (χ1) is 13.0. The fourth-order valence-corrected chi connectivity index (χ4v) is 2.44. The monoisotopic (exact) mass is 374 g/mol. The standard InChI is InChI=1S/C19H22N2O6/c1-4-26-18-12-16(21(23)24)15(11-17(18)25-3)19(22)20-8-9-27-14-7-5-6-13(2)10-14/h5-7,10-12H,4,8-9H2,1-3H3,(H,20,22). The molecule has 2 aromatic carbocycles. The molecule has 1 N–H and O–H groups in total. The maximum absolute atomic E-state index is 12.4. The highest BCUT2D eigenvalue weighted by atomic mass is 16.6. The van der Waals surface area contributed by atoms with Crippen molar-refractivity contribution in [2.24, 2.45) is 0 Å². The number of nitrogens with one attached hydrogen (secondary N) is 1. The van der Waals surface area contributed by atoms with Crippen LogP contribution >= 0.6 is 0 Å². The first-order valence-electron chi connectivity index (χ1n) is 8.43. The number of aryl methyl sites for hydroxylation is 1. The second kappa shape index (κ2) is 9.42. The molecule has 2 aromatic rings. The fraction of sp³-hybridized carbons (Fsp3) is 0.316. The van der Waals surface area contributed by atoms with Gasteiger partial charge in [0.1, 0.15) is 17.9 Å². The van der Waals surface area contributed by atoms with Crippen LogP contribution in [0.3, 0.4) is 0 Å². The summed E-state index contributed by atoms with van der Waals surface area (Å²) in [7, 11) is 1.40. The van der Waals surface area contributed by atoms with Crippen molar-refractivity contribution in [3.05, 3.63) is 57.6 Å². The summed E-state index contributed by atoms with van der Waals surface area (Å²) >= 11 is 0. The number of carbonyl (C=O) groups excluding carboxylic acids is 1. The Balaban J connectivity index is 2.06. The lowest BCUT2D eigenvalue weighted by Crippen LogP contribution is -2.28. The molecule has 0 heterocycles. The van der Waals surface area contributed by atoms with E-state index in [-0.39, 0.29) is 35.9 Å². The van der Waals surface area contributed by atoms with Gasteiger partial charge in [0.25, 0.3) is 11.6 Å². The quantitative estimate of drug-likeness (QED) is 0.411. The van der Waals surface area contributed by atoms with E-state index < -0.39 is 10.8 Å². The van der Waals surface area contributed by atoms with Gasteiger partial charge < -0.3 is 19.5 Å². The lowest BCUT2D eigenvalue weighted by Gasteiger charge is -2.12. The van der Waals surface area contributed by atoms with Crippen molar-refractivity contribution in [2.45, 2.75) is 13.8 Å². The summed E-state index contributed by atoms with van der Waals surface area (Å²) in [6.07, 6.45) is 0. The summed E-state index contributed by atoms with van der Waals surface area (Å²) in [5, 5.41) is 14.0. The van der Waals surface area contributed by atoms with Crippen LogP contribution in [0.15, 0.2) is 36.4 Å². The molecule has 0 saturated heterocycles. The van der Waals surface area contributed by atoms with Crippen molar-refractivity contribution < 1.29 is 23.9 Å². The van der Waals surface area contributed by atoms with E-state index in [0.717, 1.165) is 5.56 Å². The number of carbonyl (C=O) groups is 1. The first kappa shape index (κ1) is 20.0. The summed E-state index contributed by atoms with van der Waals surface area (Å²) in [6.45, 7) is 4.44. The third kappa shape index (κ3) is 5.34. The molecule has 0 aliphatic carbocycles. The van der Waals surface area contributed by atoms with Gasteiger partial charge in [0.05, 0.1) is 31.3 Å². The van der Waals surface area contributed by atoms with Crippen LogP contribution in [0, 0.1) is 17.0 Å². The van der Waals surface area contributed by atoms with Gasteiger partial charge in [0, 0.05) is 6.07 Å². The molecule has 1 amide bonds. The molecule has 27 heavy (non-hydrogen) atoms. The highest BCUT2D eigenvalue weighted by molar-refractivity contribution is 5.99. The molecule has 0 spiro atoms. The lowest BCUT2D eigenvalue weighted by molar-refractivity contribution is -0.385. The summed E-state index contributed by atoms with van der Waals surface area (Å²) < 4.78 is 16.0. The topological polar surface area (TPSA) is 99.9 Å². The number of amides is 1. The van der Waals surface area contributed by atoms with Gasteiger partial charge in [-0.1, -0.05) is 12.1 Å². The Morgan fingerprint density at radius 2 is 1.96 bits per heavy atom. The maximum atomic E-state index is 12.4. The average molecular weight is 374 g/mol. The van der Waals surface area contributed by atoms with Gasteiger partial charge in [-0.15, -0.1) is 0 Å². The van der Waals surface area contributed by atoms with Crippen molar-refractivity contribution in [3.8, 4) is 17.2 Å². The zero-order chi connectivity index (χ0) is 19.8. The molecule has 0 saturated carbocycles. The lowest BCUT2D eigenvalue weighted by atomic mass is 10.1. The van der Waals surface area contributed by atoms with Crippen LogP contribution in [0.4, 0.5) is 5.69 Å². The minimum Gasteiger partial charge on any atom is -0.493 e. The molecule has 8 heteroatoms. The number of nitrogens with zero attached hydrogens (tertiary/aromatic N) is 1. The normalized spacial score (nSPS) is 10.2. The Morgan fingerprint density at radius 3 is 2.59 bits per heavy atom. The van der Waals surface area contributed by atoms with Crippen LogP contribution in [-0.4, -0.2) is 37.7 Å². The van der Waals surface area contributed by atoms with E-state index in [0.29, 0.717) is 12.4 Å². The number of nitro benzene ring substituents is 1. The number of hydrogen-bond acceptors (Lipinski definition) is 6. The van der Waals surface area contributed by atoms with Crippen LogP contribution in [0.2, 0.25) is 0 Å². The van der Waals surface area contributed by atoms with Crippen molar-refractivity contribution >= 4 is 11.6 Å². The molecule has 0 fully saturated rings. The number of benzene rings is 2. The Morgan fingerprint density at radius 1 is 1.19 bits per heavy atom. The maximum Gasteiger partial charge on any atom is 0.286 e.